The summed E-state index contributed by atoms with van der Waals surface area (Å²) in [6, 6.07) is 23.2. The number of pyridine rings is 1. The van der Waals surface area contributed by atoms with E-state index in [2.05, 4.69) is 36.5 Å². The summed E-state index contributed by atoms with van der Waals surface area (Å²) in [4.78, 5) is 17.8. The van der Waals surface area contributed by atoms with Crippen molar-refractivity contribution in [2.75, 3.05) is 6.79 Å². The number of nitrogens with one attached hydrogen (secondary N) is 1. The molecule has 0 fully saturated rings. The number of hydrogen-bond donors (Lipinski definition) is 1. The maximum absolute atomic E-state index is 13.1. The molecule has 0 bridgehead atoms. The summed E-state index contributed by atoms with van der Waals surface area (Å²) in [5, 5.41) is 4.92. The summed E-state index contributed by atoms with van der Waals surface area (Å²) < 4.78 is 10.7. The van der Waals surface area contributed by atoms with Gasteiger partial charge in [-0.1, -0.05) is 56.3 Å². The van der Waals surface area contributed by atoms with Crippen molar-refractivity contribution < 1.29 is 14.3 Å². The lowest BCUT2D eigenvalue weighted by Crippen LogP contribution is -2.18. The van der Waals surface area contributed by atoms with Gasteiger partial charge in [-0.3, -0.25) is 4.79 Å². The molecule has 4 aromatic rings. The van der Waals surface area contributed by atoms with Crippen LogP contribution in [0, 0.1) is 0 Å². The van der Waals surface area contributed by atoms with Crippen LogP contribution in [-0.4, -0.2) is 23.9 Å². The van der Waals surface area contributed by atoms with Crippen molar-refractivity contribution in [1.29, 1.82) is 0 Å². The highest BCUT2D eigenvalue weighted by molar-refractivity contribution is 6.07. The highest BCUT2D eigenvalue weighted by Crippen LogP contribution is 2.32. The normalized spacial score (nSPS) is 12.6. The number of ether oxygens (including phenoxy) is 2. The second-order valence-electron chi connectivity index (χ2n) is 8.16. The number of aromatic nitrogens is 1. The quantitative estimate of drug-likeness (QED) is 0.330. The molecule has 0 atom stereocenters. The molecule has 5 rings (SSSR count). The van der Waals surface area contributed by atoms with Gasteiger partial charge in [-0.15, -0.1) is 0 Å². The minimum absolute atomic E-state index is 0.213. The minimum Gasteiger partial charge on any atom is -0.454 e. The number of fused-ring (bicyclic) bond motifs is 2. The van der Waals surface area contributed by atoms with Crippen molar-refractivity contribution in [3.05, 3.63) is 89.5 Å². The van der Waals surface area contributed by atoms with Gasteiger partial charge in [0.15, 0.2) is 11.5 Å². The van der Waals surface area contributed by atoms with E-state index in [9.17, 15) is 4.79 Å². The molecule has 6 nitrogen and oxygen atoms in total. The van der Waals surface area contributed by atoms with Gasteiger partial charge in [-0.2, -0.15) is 5.10 Å². The van der Waals surface area contributed by atoms with Crippen LogP contribution in [0.2, 0.25) is 0 Å². The van der Waals surface area contributed by atoms with E-state index in [1.165, 1.54) is 5.56 Å². The highest BCUT2D eigenvalue weighted by Gasteiger charge is 2.15. The zero-order valence-corrected chi connectivity index (χ0v) is 18.4. The van der Waals surface area contributed by atoms with E-state index in [4.69, 9.17) is 14.5 Å². The van der Waals surface area contributed by atoms with Crippen molar-refractivity contribution in [3.8, 4) is 22.8 Å². The largest absolute Gasteiger partial charge is 0.454 e. The van der Waals surface area contributed by atoms with E-state index >= 15 is 0 Å². The van der Waals surface area contributed by atoms with Crippen LogP contribution in [0.5, 0.6) is 11.5 Å². The SMILES string of the molecule is CC(C)c1ccc(-c2cc(C(=O)N/N=C\c3ccc4c(c3)OCO4)c3ccccc3n2)cc1. The maximum atomic E-state index is 13.1. The summed E-state index contributed by atoms with van der Waals surface area (Å²) in [5.41, 5.74) is 7.68. The third-order valence-electron chi connectivity index (χ3n) is 5.61. The van der Waals surface area contributed by atoms with Gasteiger partial charge in [-0.05, 0) is 47.4 Å². The second kappa shape index (κ2) is 8.74. The molecule has 0 saturated carbocycles. The molecule has 0 spiro atoms. The summed E-state index contributed by atoms with van der Waals surface area (Å²) in [5.74, 6) is 1.52. The van der Waals surface area contributed by atoms with Gasteiger partial charge >= 0.3 is 0 Å². The predicted molar refractivity (Wildman–Crippen MR) is 129 cm³/mol. The first-order valence-electron chi connectivity index (χ1n) is 10.8. The molecule has 164 valence electrons. The average molecular weight is 437 g/mol. The molecule has 1 aromatic heterocycles. The fourth-order valence-corrected chi connectivity index (χ4v) is 3.77. The van der Waals surface area contributed by atoms with Crippen molar-refractivity contribution in [2.24, 2.45) is 5.10 Å². The first-order chi connectivity index (χ1) is 16.1. The Morgan fingerprint density at radius 1 is 1.00 bits per heavy atom. The molecule has 1 N–H and O–H groups in total. The third kappa shape index (κ3) is 4.28. The van der Waals surface area contributed by atoms with Crippen LogP contribution in [-0.2, 0) is 0 Å². The summed E-state index contributed by atoms with van der Waals surface area (Å²) in [6.45, 7) is 4.54. The number of hydrazone groups is 1. The Morgan fingerprint density at radius 3 is 2.61 bits per heavy atom. The van der Waals surface area contributed by atoms with E-state index in [1.807, 2.05) is 60.7 Å². The molecule has 1 aliphatic rings. The maximum Gasteiger partial charge on any atom is 0.272 e. The molecule has 6 heteroatoms. The van der Waals surface area contributed by atoms with E-state index in [0.29, 0.717) is 23.0 Å². The fraction of sp³-hybridized carbons (Fsp3) is 0.148. The lowest BCUT2D eigenvalue weighted by atomic mass is 9.99. The first kappa shape index (κ1) is 20.7. The van der Waals surface area contributed by atoms with E-state index in [0.717, 1.165) is 27.7 Å². The Kier molecular flexibility index (Phi) is 5.48. The van der Waals surface area contributed by atoms with Gasteiger partial charge in [0.05, 0.1) is 23.0 Å². The fourth-order valence-electron chi connectivity index (χ4n) is 3.77. The molecule has 1 amide bonds. The average Bonchev–Trinajstić information content (AvgIpc) is 3.31. The standard InChI is InChI=1S/C27H23N3O3/c1-17(2)19-8-10-20(11-9-19)24-14-22(21-5-3-4-6-23(21)29-24)27(31)30-28-15-18-7-12-25-26(13-18)33-16-32-25/h3-15,17H,16H2,1-2H3,(H,30,31)/b28-15-. The first-order valence-corrected chi connectivity index (χ1v) is 10.8. The molecular formula is C27H23N3O3. The lowest BCUT2D eigenvalue weighted by molar-refractivity contribution is 0.0956. The van der Waals surface area contributed by atoms with Gasteiger partial charge in [0.2, 0.25) is 6.79 Å². The zero-order chi connectivity index (χ0) is 22.8. The van der Waals surface area contributed by atoms with E-state index in [-0.39, 0.29) is 12.7 Å². The van der Waals surface area contributed by atoms with Crippen LogP contribution >= 0.6 is 0 Å². The zero-order valence-electron chi connectivity index (χ0n) is 18.4. The Labute approximate surface area is 191 Å². The Hall–Kier alpha value is -4.19. The molecule has 1 aliphatic heterocycles. The Balaban J connectivity index is 1.43. The molecule has 0 aliphatic carbocycles. The summed E-state index contributed by atoms with van der Waals surface area (Å²) in [6.07, 6.45) is 1.58. The van der Waals surface area contributed by atoms with E-state index in [1.54, 1.807) is 6.21 Å². The Morgan fingerprint density at radius 2 is 1.79 bits per heavy atom. The molecule has 0 saturated heterocycles. The van der Waals surface area contributed by atoms with Gasteiger partial charge in [-0.25, -0.2) is 10.4 Å². The number of carbonyl (C=O) groups excluding carboxylic acids is 1. The lowest BCUT2D eigenvalue weighted by Gasteiger charge is -2.10. The molecule has 0 radical (unpaired) electrons. The molecule has 3 aromatic carbocycles. The number of amides is 1. The molecular weight excluding hydrogens is 414 g/mol. The van der Waals surface area contributed by atoms with Crippen LogP contribution in [0.4, 0.5) is 0 Å². The van der Waals surface area contributed by atoms with Gasteiger partial charge in [0.25, 0.3) is 5.91 Å². The number of nitrogens with zero attached hydrogens (tertiary/aromatic N) is 2. The van der Waals surface area contributed by atoms with Gasteiger partial charge in [0.1, 0.15) is 0 Å². The number of rotatable bonds is 5. The number of carbonyl (C=O) groups is 1. The van der Waals surface area contributed by atoms with Crippen molar-refractivity contribution >= 4 is 23.0 Å². The number of para-hydroxylation sites is 1. The second-order valence-corrected chi connectivity index (χ2v) is 8.16. The predicted octanol–water partition coefficient (Wildman–Crippen LogP) is 5.52. The highest BCUT2D eigenvalue weighted by atomic mass is 16.7. The van der Waals surface area contributed by atoms with Gasteiger partial charge in [0, 0.05) is 10.9 Å². The molecule has 0 unspecified atom stereocenters. The smallest absolute Gasteiger partial charge is 0.272 e. The summed E-state index contributed by atoms with van der Waals surface area (Å²) >= 11 is 0. The van der Waals surface area contributed by atoms with Gasteiger partial charge < -0.3 is 9.47 Å². The topological polar surface area (TPSA) is 72.8 Å². The molecule has 33 heavy (non-hydrogen) atoms. The van der Waals surface area contributed by atoms with Crippen molar-refractivity contribution in [2.45, 2.75) is 19.8 Å². The van der Waals surface area contributed by atoms with Crippen LogP contribution < -0.4 is 14.9 Å². The van der Waals surface area contributed by atoms with Crippen LogP contribution in [0.1, 0.15) is 41.3 Å². The summed E-state index contributed by atoms with van der Waals surface area (Å²) in [7, 11) is 0. The number of benzene rings is 3. The Bertz CT molecular complexity index is 1360. The van der Waals surface area contributed by atoms with Crippen molar-refractivity contribution in [1.82, 2.24) is 10.4 Å². The molecule has 2 heterocycles. The van der Waals surface area contributed by atoms with Crippen LogP contribution in [0.3, 0.4) is 0 Å². The third-order valence-corrected chi connectivity index (χ3v) is 5.61. The monoisotopic (exact) mass is 437 g/mol. The minimum atomic E-state index is -0.300. The van der Waals surface area contributed by atoms with Crippen molar-refractivity contribution in [3.63, 3.8) is 0 Å². The number of hydrogen-bond acceptors (Lipinski definition) is 5. The van der Waals surface area contributed by atoms with Crippen LogP contribution in [0.15, 0.2) is 77.9 Å². The van der Waals surface area contributed by atoms with Crippen LogP contribution in [0.25, 0.3) is 22.2 Å². The van der Waals surface area contributed by atoms with E-state index < -0.39 is 0 Å².